The van der Waals surface area contributed by atoms with Gasteiger partial charge in [0.1, 0.15) is 6.26 Å². The molecule has 166 valence electrons. The van der Waals surface area contributed by atoms with Gasteiger partial charge in [0.25, 0.3) is 0 Å². The van der Waals surface area contributed by atoms with Crippen molar-refractivity contribution in [3.05, 3.63) is 66.2 Å². The lowest BCUT2D eigenvalue weighted by Gasteiger charge is -2.12. The molecule has 0 atom stereocenters. The maximum atomic E-state index is 12.3. The van der Waals surface area contributed by atoms with Crippen molar-refractivity contribution in [1.82, 2.24) is 20.6 Å². The minimum Gasteiger partial charge on any atom is -0.468 e. The third kappa shape index (κ3) is 8.07. The third-order valence-corrected chi connectivity index (χ3v) is 3.88. The van der Waals surface area contributed by atoms with Crippen LogP contribution in [0.3, 0.4) is 0 Å². The highest BCUT2D eigenvalue weighted by Gasteiger charge is 2.28. The number of pyridine rings is 1. The molecular weight excluding hydrogens is 526 g/mol. The summed E-state index contributed by atoms with van der Waals surface area (Å²) in [6.45, 7) is -0.687. The van der Waals surface area contributed by atoms with Gasteiger partial charge in [-0.1, -0.05) is 18.2 Å². The Balaban J connectivity index is 0.00000341. The fourth-order valence-electron chi connectivity index (χ4n) is 2.48. The summed E-state index contributed by atoms with van der Waals surface area (Å²) in [7, 11) is 1.61. The summed E-state index contributed by atoms with van der Waals surface area (Å²) >= 11 is 0. The van der Waals surface area contributed by atoms with Gasteiger partial charge in [-0.05, 0) is 23.8 Å². The number of nitrogens with zero attached hydrogens (tertiary/aromatic N) is 3. The Morgan fingerprint density at radius 3 is 2.58 bits per heavy atom. The van der Waals surface area contributed by atoms with Crippen LogP contribution in [0.4, 0.5) is 13.2 Å². The summed E-state index contributed by atoms with van der Waals surface area (Å²) in [6, 6.07) is 12.7. The van der Waals surface area contributed by atoms with E-state index in [9.17, 15) is 13.2 Å². The minimum absolute atomic E-state index is 0. The molecule has 0 spiro atoms. The van der Waals surface area contributed by atoms with Crippen molar-refractivity contribution in [3.8, 4) is 17.3 Å². The van der Waals surface area contributed by atoms with Crippen LogP contribution in [0.25, 0.3) is 11.5 Å². The first kappa shape index (κ1) is 24.4. The lowest BCUT2D eigenvalue weighted by Crippen LogP contribution is -2.36. The second-order valence-corrected chi connectivity index (χ2v) is 6.20. The third-order valence-electron chi connectivity index (χ3n) is 3.88. The molecule has 0 aliphatic carbocycles. The molecule has 11 heteroatoms. The molecule has 3 aromatic rings. The quantitative estimate of drug-likeness (QED) is 0.263. The first-order valence-corrected chi connectivity index (χ1v) is 9.02. The number of benzene rings is 1. The van der Waals surface area contributed by atoms with E-state index in [0.29, 0.717) is 36.2 Å². The molecule has 2 aromatic heterocycles. The smallest absolute Gasteiger partial charge is 0.422 e. The number of rotatable bonds is 7. The van der Waals surface area contributed by atoms with Gasteiger partial charge in [0, 0.05) is 31.4 Å². The van der Waals surface area contributed by atoms with Gasteiger partial charge in [-0.3, -0.25) is 4.99 Å². The fourth-order valence-corrected chi connectivity index (χ4v) is 2.48. The molecule has 1 aromatic carbocycles. The van der Waals surface area contributed by atoms with Gasteiger partial charge in [-0.15, -0.1) is 24.0 Å². The van der Waals surface area contributed by atoms with Crippen LogP contribution in [0, 0.1) is 0 Å². The number of halogens is 4. The van der Waals surface area contributed by atoms with Crippen LogP contribution in [0.2, 0.25) is 0 Å². The van der Waals surface area contributed by atoms with Crippen LogP contribution in [-0.4, -0.2) is 35.8 Å². The van der Waals surface area contributed by atoms with E-state index in [0.717, 1.165) is 5.56 Å². The number of alkyl halides is 3. The van der Waals surface area contributed by atoms with Gasteiger partial charge < -0.3 is 19.8 Å². The number of ether oxygens (including phenoxy) is 1. The highest BCUT2D eigenvalue weighted by Crippen LogP contribution is 2.18. The minimum atomic E-state index is -4.41. The second kappa shape index (κ2) is 11.5. The van der Waals surface area contributed by atoms with E-state index in [1.165, 1.54) is 12.3 Å². The highest BCUT2D eigenvalue weighted by atomic mass is 127. The average Bonchev–Trinajstić information content (AvgIpc) is 3.22. The number of hydrogen-bond donors (Lipinski definition) is 2. The Bertz CT molecular complexity index is 980. The fraction of sp³-hybridized carbons (Fsp3) is 0.250. The maximum absolute atomic E-state index is 12.3. The van der Waals surface area contributed by atoms with Crippen molar-refractivity contribution < 1.29 is 22.3 Å². The summed E-state index contributed by atoms with van der Waals surface area (Å²) < 4.78 is 46.9. The van der Waals surface area contributed by atoms with Gasteiger partial charge in [-0.2, -0.15) is 13.2 Å². The number of hydrogen-bond acceptors (Lipinski definition) is 5. The summed E-state index contributed by atoms with van der Waals surface area (Å²) in [6.07, 6.45) is -1.46. The molecule has 0 saturated carbocycles. The molecule has 0 radical (unpaired) electrons. The first-order chi connectivity index (χ1) is 14.4. The van der Waals surface area contributed by atoms with E-state index in [1.54, 1.807) is 19.4 Å². The Kier molecular flexibility index (Phi) is 9.09. The summed E-state index contributed by atoms with van der Waals surface area (Å²) in [5.41, 5.74) is 2.27. The molecule has 0 saturated heterocycles. The van der Waals surface area contributed by atoms with Gasteiger partial charge in [0.15, 0.2) is 12.6 Å². The number of guanidine groups is 1. The van der Waals surface area contributed by atoms with E-state index in [1.807, 2.05) is 30.3 Å². The van der Waals surface area contributed by atoms with Crippen molar-refractivity contribution in [2.75, 3.05) is 13.7 Å². The molecule has 31 heavy (non-hydrogen) atoms. The summed E-state index contributed by atoms with van der Waals surface area (Å²) in [5.74, 6) is 0.929. The lowest BCUT2D eigenvalue weighted by atomic mass is 10.2. The molecule has 0 aliphatic heterocycles. The lowest BCUT2D eigenvalue weighted by molar-refractivity contribution is -0.154. The van der Waals surface area contributed by atoms with Gasteiger partial charge in [0.05, 0.1) is 12.2 Å². The highest BCUT2D eigenvalue weighted by molar-refractivity contribution is 14.0. The Morgan fingerprint density at radius 1 is 1.13 bits per heavy atom. The number of nitrogens with one attached hydrogen (secondary N) is 2. The van der Waals surface area contributed by atoms with Crippen molar-refractivity contribution in [3.63, 3.8) is 0 Å². The molecule has 0 fully saturated rings. The molecule has 7 nitrogen and oxygen atoms in total. The molecule has 0 aliphatic rings. The van der Waals surface area contributed by atoms with E-state index in [4.69, 9.17) is 4.42 Å². The molecule has 2 heterocycles. The zero-order valence-corrected chi connectivity index (χ0v) is 18.8. The topological polar surface area (TPSA) is 84.6 Å². The van der Waals surface area contributed by atoms with Crippen molar-refractivity contribution in [1.29, 1.82) is 0 Å². The van der Waals surface area contributed by atoms with E-state index in [-0.39, 0.29) is 29.9 Å². The zero-order chi connectivity index (χ0) is 21.4. The van der Waals surface area contributed by atoms with Crippen molar-refractivity contribution in [2.24, 2.45) is 4.99 Å². The molecule has 0 bridgehead atoms. The molecule has 0 amide bonds. The monoisotopic (exact) mass is 547 g/mol. The Labute approximate surface area is 194 Å². The molecular formula is C20H21F3IN5O2. The van der Waals surface area contributed by atoms with Crippen molar-refractivity contribution in [2.45, 2.75) is 19.3 Å². The van der Waals surface area contributed by atoms with Crippen LogP contribution in [0.15, 0.2) is 64.3 Å². The van der Waals surface area contributed by atoms with Crippen LogP contribution in [0.1, 0.15) is 11.3 Å². The Morgan fingerprint density at radius 2 is 1.87 bits per heavy atom. The standard InChI is InChI=1S/C20H20F3N5O2.HI/c1-24-19(26-10-14-7-8-25-17(9-14)30-13-20(21,22)23)27-11-16-12-29-18(28-16)15-5-3-2-4-6-15;/h2-9,12H,10-11,13H2,1H3,(H2,24,26,27);1H. The predicted octanol–water partition coefficient (Wildman–Crippen LogP) is 4.16. The van der Waals surface area contributed by atoms with Crippen LogP contribution >= 0.6 is 24.0 Å². The van der Waals surface area contributed by atoms with Gasteiger partial charge in [0.2, 0.25) is 11.8 Å². The van der Waals surface area contributed by atoms with E-state index >= 15 is 0 Å². The Hall–Kier alpha value is -2.83. The largest absolute Gasteiger partial charge is 0.468 e. The van der Waals surface area contributed by atoms with Gasteiger partial charge in [-0.25, -0.2) is 9.97 Å². The van der Waals surface area contributed by atoms with Crippen molar-refractivity contribution >= 4 is 29.9 Å². The number of aromatic nitrogens is 2. The second-order valence-electron chi connectivity index (χ2n) is 6.20. The summed E-state index contributed by atoms with van der Waals surface area (Å²) in [4.78, 5) is 12.3. The first-order valence-electron chi connectivity index (χ1n) is 9.02. The SMILES string of the molecule is CN=C(NCc1ccnc(OCC(F)(F)F)c1)NCc1coc(-c2ccccc2)n1.I. The normalized spacial score (nSPS) is 11.5. The predicted molar refractivity (Wildman–Crippen MR) is 120 cm³/mol. The molecule has 3 rings (SSSR count). The number of oxazole rings is 1. The summed E-state index contributed by atoms with van der Waals surface area (Å²) in [5, 5.41) is 6.17. The molecule has 2 N–H and O–H groups in total. The van der Waals surface area contributed by atoms with E-state index < -0.39 is 12.8 Å². The van der Waals surface area contributed by atoms with Crippen LogP contribution in [-0.2, 0) is 13.1 Å². The van der Waals surface area contributed by atoms with Crippen LogP contribution < -0.4 is 15.4 Å². The zero-order valence-electron chi connectivity index (χ0n) is 16.5. The number of aliphatic imine (C=N–C) groups is 1. The van der Waals surface area contributed by atoms with Crippen LogP contribution in [0.5, 0.6) is 5.88 Å². The average molecular weight is 547 g/mol. The molecule has 0 unspecified atom stereocenters. The van der Waals surface area contributed by atoms with Gasteiger partial charge >= 0.3 is 6.18 Å². The van der Waals surface area contributed by atoms with E-state index in [2.05, 4.69) is 30.3 Å². The maximum Gasteiger partial charge on any atom is 0.422 e.